The Morgan fingerprint density at radius 3 is 1.63 bits per heavy atom. The van der Waals surface area contributed by atoms with Crippen molar-refractivity contribution in [2.75, 3.05) is 0 Å². The topological polar surface area (TPSA) is 17.1 Å². The molecule has 0 amide bonds. The van der Waals surface area contributed by atoms with Gasteiger partial charge in [0.1, 0.15) is 0 Å². The Morgan fingerprint density at radius 2 is 0.933 bits per heavy atom. The molecule has 0 aliphatic rings. The average molecular weight is 404 g/mol. The Morgan fingerprint density at radius 1 is 0.433 bits per heavy atom. The van der Waals surface area contributed by atoms with Crippen LogP contribution in [0.1, 0.15) is 0 Å². The molecular weight excluding hydrogens is 383 g/mol. The Balaban J connectivity index is 1.85. The molecule has 30 heavy (non-hydrogen) atoms. The maximum absolute atomic E-state index is 14.9. The van der Waals surface area contributed by atoms with Gasteiger partial charge in [0.2, 0.25) is 0 Å². The number of hydrogen-bond acceptors (Lipinski definition) is 1. The standard InChI is InChI=1S/C28H21OP/c29-30(23-14-3-1-4-15-23,24-16-5-2-6-17-24)28-21-10-9-19-27(28)26-20-11-13-22-12-7-8-18-25(22)26/h1-21H. The zero-order chi connectivity index (χ0) is 20.4. The van der Waals surface area contributed by atoms with Gasteiger partial charge in [-0.3, -0.25) is 0 Å². The zero-order valence-corrected chi connectivity index (χ0v) is 17.4. The lowest BCUT2D eigenvalue weighted by molar-refractivity contribution is 0.592. The highest BCUT2D eigenvalue weighted by atomic mass is 31.2. The number of fused-ring (bicyclic) bond motifs is 1. The Kier molecular flexibility index (Phi) is 4.83. The Bertz CT molecular complexity index is 1310. The lowest BCUT2D eigenvalue weighted by Gasteiger charge is -2.23. The van der Waals surface area contributed by atoms with Gasteiger partial charge in [-0.15, -0.1) is 0 Å². The van der Waals surface area contributed by atoms with E-state index in [4.69, 9.17) is 0 Å². The van der Waals surface area contributed by atoms with Gasteiger partial charge < -0.3 is 4.57 Å². The Labute approximate surface area is 177 Å². The second-order valence-electron chi connectivity index (χ2n) is 7.32. The molecule has 1 nitrogen and oxygen atoms in total. The smallest absolute Gasteiger partial charge is 0.171 e. The largest absolute Gasteiger partial charge is 0.309 e. The first-order chi connectivity index (χ1) is 14.8. The van der Waals surface area contributed by atoms with Gasteiger partial charge in [0.05, 0.1) is 0 Å². The van der Waals surface area contributed by atoms with E-state index in [1.54, 1.807) is 0 Å². The monoisotopic (exact) mass is 404 g/mol. The van der Waals surface area contributed by atoms with Gasteiger partial charge in [-0.05, 0) is 21.9 Å². The highest BCUT2D eigenvalue weighted by Crippen LogP contribution is 2.45. The summed E-state index contributed by atoms with van der Waals surface area (Å²) in [6.45, 7) is 0. The van der Waals surface area contributed by atoms with E-state index < -0.39 is 7.14 Å². The normalized spacial score (nSPS) is 11.5. The quantitative estimate of drug-likeness (QED) is 0.329. The van der Waals surface area contributed by atoms with Gasteiger partial charge in [-0.2, -0.15) is 0 Å². The first-order valence-corrected chi connectivity index (χ1v) is 11.8. The van der Waals surface area contributed by atoms with Crippen molar-refractivity contribution in [2.24, 2.45) is 0 Å². The molecule has 0 N–H and O–H groups in total. The van der Waals surface area contributed by atoms with Gasteiger partial charge in [0.25, 0.3) is 0 Å². The molecule has 0 heterocycles. The highest BCUT2D eigenvalue weighted by molar-refractivity contribution is 7.85. The van der Waals surface area contributed by atoms with E-state index in [2.05, 4.69) is 48.5 Å². The fourth-order valence-electron chi connectivity index (χ4n) is 4.14. The van der Waals surface area contributed by atoms with Crippen molar-refractivity contribution in [1.29, 1.82) is 0 Å². The van der Waals surface area contributed by atoms with E-state index in [1.807, 2.05) is 78.9 Å². The molecule has 0 unspecified atom stereocenters. The van der Waals surface area contributed by atoms with Crippen molar-refractivity contribution in [2.45, 2.75) is 0 Å². The summed E-state index contributed by atoms with van der Waals surface area (Å²) in [7, 11) is -3.06. The van der Waals surface area contributed by atoms with Crippen LogP contribution in [0.5, 0.6) is 0 Å². The Hall–Kier alpha value is -3.41. The van der Waals surface area contributed by atoms with E-state index in [0.717, 1.165) is 27.0 Å². The minimum absolute atomic E-state index is 0.851. The fraction of sp³-hybridized carbons (Fsp3) is 0. The third-order valence-corrected chi connectivity index (χ3v) is 8.68. The van der Waals surface area contributed by atoms with Crippen LogP contribution in [-0.2, 0) is 4.57 Å². The van der Waals surface area contributed by atoms with Gasteiger partial charge in [-0.25, -0.2) is 0 Å². The summed E-state index contributed by atoms with van der Waals surface area (Å²) in [5.74, 6) is 0. The summed E-state index contributed by atoms with van der Waals surface area (Å²) in [6, 6.07) is 42.5. The van der Waals surface area contributed by atoms with Crippen LogP contribution in [0.25, 0.3) is 21.9 Å². The van der Waals surface area contributed by atoms with Crippen molar-refractivity contribution in [1.82, 2.24) is 0 Å². The van der Waals surface area contributed by atoms with E-state index in [1.165, 1.54) is 10.8 Å². The predicted molar refractivity (Wildman–Crippen MR) is 129 cm³/mol. The number of hydrogen-bond donors (Lipinski definition) is 0. The second kappa shape index (κ2) is 7.78. The summed E-state index contributed by atoms with van der Waals surface area (Å²) < 4.78 is 14.9. The van der Waals surface area contributed by atoms with Crippen LogP contribution >= 0.6 is 7.14 Å². The SMILES string of the molecule is O=P(c1ccccc1)(c1ccccc1)c1ccccc1-c1cccc2ccccc12. The van der Waals surface area contributed by atoms with Crippen LogP contribution < -0.4 is 15.9 Å². The second-order valence-corrected chi connectivity index (χ2v) is 10.1. The third-order valence-electron chi connectivity index (χ3n) is 5.56. The molecule has 0 saturated carbocycles. The van der Waals surface area contributed by atoms with Crippen molar-refractivity contribution in [3.63, 3.8) is 0 Å². The molecule has 0 aliphatic carbocycles. The molecule has 0 spiro atoms. The molecule has 5 rings (SSSR count). The molecule has 5 aromatic carbocycles. The van der Waals surface area contributed by atoms with Gasteiger partial charge in [-0.1, -0.05) is 127 Å². The molecular formula is C28H21OP. The van der Waals surface area contributed by atoms with Crippen LogP contribution in [0, 0.1) is 0 Å². The maximum Gasteiger partial charge on any atom is 0.171 e. The zero-order valence-electron chi connectivity index (χ0n) is 16.5. The predicted octanol–water partition coefficient (Wildman–Crippen LogP) is 6.15. The van der Waals surface area contributed by atoms with Crippen LogP contribution in [-0.4, -0.2) is 0 Å². The maximum atomic E-state index is 14.9. The molecule has 144 valence electrons. The molecule has 2 heteroatoms. The molecule has 0 aromatic heterocycles. The van der Waals surface area contributed by atoms with Crippen LogP contribution in [0.4, 0.5) is 0 Å². The van der Waals surface area contributed by atoms with Crippen LogP contribution in [0.2, 0.25) is 0 Å². The van der Waals surface area contributed by atoms with Crippen molar-refractivity contribution in [3.05, 3.63) is 127 Å². The number of rotatable bonds is 4. The fourth-order valence-corrected chi connectivity index (χ4v) is 7.01. The van der Waals surface area contributed by atoms with Crippen molar-refractivity contribution in [3.8, 4) is 11.1 Å². The first-order valence-electron chi connectivity index (χ1n) is 10.1. The molecule has 0 bridgehead atoms. The average Bonchev–Trinajstić information content (AvgIpc) is 2.84. The summed E-state index contributed by atoms with van der Waals surface area (Å²) in [5.41, 5.74) is 2.13. The third kappa shape index (κ3) is 3.09. The van der Waals surface area contributed by atoms with Crippen molar-refractivity contribution < 1.29 is 4.57 Å². The minimum Gasteiger partial charge on any atom is -0.309 e. The minimum atomic E-state index is -3.06. The van der Waals surface area contributed by atoms with E-state index in [0.29, 0.717) is 0 Å². The highest BCUT2D eigenvalue weighted by Gasteiger charge is 2.32. The summed E-state index contributed by atoms with van der Waals surface area (Å²) in [4.78, 5) is 0. The lowest BCUT2D eigenvalue weighted by atomic mass is 9.98. The van der Waals surface area contributed by atoms with Gasteiger partial charge >= 0.3 is 0 Å². The summed E-state index contributed by atoms with van der Waals surface area (Å²) in [5, 5.41) is 4.92. The number of benzene rings is 5. The van der Waals surface area contributed by atoms with E-state index >= 15 is 0 Å². The van der Waals surface area contributed by atoms with Crippen LogP contribution in [0.15, 0.2) is 127 Å². The van der Waals surface area contributed by atoms with Crippen molar-refractivity contribution >= 4 is 33.8 Å². The van der Waals surface area contributed by atoms with Gasteiger partial charge in [0, 0.05) is 15.9 Å². The van der Waals surface area contributed by atoms with E-state index in [-0.39, 0.29) is 0 Å². The van der Waals surface area contributed by atoms with Gasteiger partial charge in [0.15, 0.2) is 7.14 Å². The van der Waals surface area contributed by atoms with E-state index in [9.17, 15) is 4.57 Å². The lowest BCUT2D eigenvalue weighted by Crippen LogP contribution is -2.26. The molecule has 5 aromatic rings. The molecule has 0 radical (unpaired) electrons. The molecule has 0 atom stereocenters. The molecule has 0 fully saturated rings. The summed E-state index contributed by atoms with van der Waals surface area (Å²) >= 11 is 0. The molecule has 0 aliphatic heterocycles. The molecule has 0 saturated heterocycles. The van der Waals surface area contributed by atoms with Crippen LogP contribution in [0.3, 0.4) is 0 Å². The summed E-state index contributed by atoms with van der Waals surface area (Å²) in [6.07, 6.45) is 0. The first kappa shape index (κ1) is 18.6.